The molecule has 1 rings (SSSR count). The summed E-state index contributed by atoms with van der Waals surface area (Å²) in [4.78, 5) is 39.7. The molecule has 0 radical (unpaired) electrons. The molecule has 0 aliphatic rings. The fraction of sp³-hybridized carbons (Fsp3) is 0.500. The van der Waals surface area contributed by atoms with E-state index in [2.05, 4.69) is 10.3 Å². The third-order valence-corrected chi connectivity index (χ3v) is 3.91. The number of thiazole rings is 1. The van der Waals surface area contributed by atoms with Crippen molar-refractivity contribution in [3.63, 3.8) is 0 Å². The van der Waals surface area contributed by atoms with Gasteiger partial charge in [-0.15, -0.1) is 11.3 Å². The number of hydrogen-bond acceptors (Lipinski definition) is 5. The van der Waals surface area contributed by atoms with Crippen molar-refractivity contribution in [3.05, 3.63) is 16.1 Å². The molecule has 3 amide bonds. The van der Waals surface area contributed by atoms with E-state index in [1.807, 2.05) is 6.92 Å². The number of nitrogens with zero attached hydrogens (tertiary/aromatic N) is 2. The van der Waals surface area contributed by atoms with Gasteiger partial charge in [0.2, 0.25) is 5.91 Å². The van der Waals surface area contributed by atoms with Gasteiger partial charge >= 0.3 is 12.0 Å². The number of aryl methyl sites for hydroxylation is 1. The Hall–Kier alpha value is -2.16. The van der Waals surface area contributed by atoms with E-state index in [9.17, 15) is 14.4 Å². The average Bonchev–Trinajstić information content (AvgIpc) is 2.85. The van der Waals surface area contributed by atoms with E-state index < -0.39 is 31.0 Å². The van der Waals surface area contributed by atoms with Gasteiger partial charge < -0.3 is 21.1 Å². The summed E-state index contributed by atoms with van der Waals surface area (Å²) in [7, 11) is 0. The van der Waals surface area contributed by atoms with E-state index >= 15 is 0 Å². The molecule has 0 bridgehead atoms. The molecule has 1 aromatic rings. The van der Waals surface area contributed by atoms with Gasteiger partial charge in [0.15, 0.2) is 0 Å². The molecule has 0 fully saturated rings. The first-order valence-electron chi connectivity index (χ1n) is 6.33. The van der Waals surface area contributed by atoms with Crippen LogP contribution in [-0.2, 0) is 16.0 Å². The maximum Gasteiger partial charge on any atom is 0.323 e. The summed E-state index contributed by atoms with van der Waals surface area (Å²) in [5, 5.41) is 12.1. The summed E-state index contributed by atoms with van der Waals surface area (Å²) in [6.07, 6.45) is 2.59. The highest BCUT2D eigenvalue weighted by atomic mass is 32.1. The van der Waals surface area contributed by atoms with Crippen LogP contribution in [0, 0.1) is 0 Å². The van der Waals surface area contributed by atoms with Crippen molar-refractivity contribution in [2.75, 3.05) is 13.1 Å². The van der Waals surface area contributed by atoms with Crippen molar-refractivity contribution < 1.29 is 19.5 Å². The Balaban J connectivity index is 2.70. The molecule has 0 saturated carbocycles. The van der Waals surface area contributed by atoms with Crippen LogP contribution in [0.3, 0.4) is 0 Å². The molecular weight excluding hydrogens is 296 g/mol. The summed E-state index contributed by atoms with van der Waals surface area (Å²) in [5.74, 6) is -2.00. The number of amides is 3. The molecule has 116 valence electrons. The number of hydrogen-bond donors (Lipinski definition) is 3. The maximum atomic E-state index is 12.0. The summed E-state index contributed by atoms with van der Waals surface area (Å²) >= 11 is 1.47. The van der Waals surface area contributed by atoms with Crippen molar-refractivity contribution in [2.45, 2.75) is 26.3 Å². The van der Waals surface area contributed by atoms with Gasteiger partial charge in [-0.05, 0) is 13.3 Å². The fourth-order valence-corrected chi connectivity index (χ4v) is 2.43. The largest absolute Gasteiger partial charge is 0.480 e. The molecule has 0 saturated heterocycles. The Morgan fingerprint density at radius 3 is 2.62 bits per heavy atom. The average molecular weight is 314 g/mol. The van der Waals surface area contributed by atoms with Crippen LogP contribution in [0.2, 0.25) is 0 Å². The minimum atomic E-state index is -1.22. The van der Waals surface area contributed by atoms with Crippen molar-refractivity contribution in [1.82, 2.24) is 15.2 Å². The Morgan fingerprint density at radius 2 is 2.14 bits per heavy atom. The number of nitrogens with one attached hydrogen (secondary N) is 1. The van der Waals surface area contributed by atoms with Crippen LogP contribution in [-0.4, -0.2) is 46.0 Å². The van der Waals surface area contributed by atoms with Gasteiger partial charge in [-0.2, -0.15) is 0 Å². The number of primary amides is 1. The molecule has 0 aliphatic heterocycles. The lowest BCUT2D eigenvalue weighted by Crippen LogP contribution is -2.47. The number of carboxylic acids is 1. The number of nitrogens with two attached hydrogens (primary N) is 1. The molecule has 0 aromatic carbocycles. The van der Waals surface area contributed by atoms with Crippen LogP contribution in [0.1, 0.15) is 29.8 Å². The van der Waals surface area contributed by atoms with Crippen LogP contribution < -0.4 is 11.1 Å². The monoisotopic (exact) mass is 314 g/mol. The summed E-state index contributed by atoms with van der Waals surface area (Å²) in [6.45, 7) is 2.68. The van der Waals surface area contributed by atoms with Gasteiger partial charge in [0.1, 0.15) is 18.1 Å². The van der Waals surface area contributed by atoms with E-state index in [-0.39, 0.29) is 6.04 Å². The van der Waals surface area contributed by atoms with Crippen LogP contribution in [0.25, 0.3) is 0 Å². The number of urea groups is 1. The quantitative estimate of drug-likeness (QED) is 0.669. The lowest BCUT2D eigenvalue weighted by molar-refractivity contribution is -0.137. The minimum absolute atomic E-state index is 0.382. The number of carboxylic acid groups (broad SMARTS) is 1. The van der Waals surface area contributed by atoms with E-state index in [1.165, 1.54) is 11.3 Å². The second-order valence-corrected chi connectivity index (χ2v) is 5.55. The van der Waals surface area contributed by atoms with E-state index in [0.29, 0.717) is 0 Å². The molecule has 4 N–H and O–H groups in total. The van der Waals surface area contributed by atoms with Gasteiger partial charge in [0.25, 0.3) is 0 Å². The van der Waals surface area contributed by atoms with Gasteiger partial charge in [-0.25, -0.2) is 9.78 Å². The number of aromatic nitrogens is 1. The van der Waals surface area contributed by atoms with Crippen LogP contribution in [0.5, 0.6) is 0 Å². The normalized spacial score (nSPS) is 11.7. The van der Waals surface area contributed by atoms with Crippen molar-refractivity contribution in [2.24, 2.45) is 5.73 Å². The van der Waals surface area contributed by atoms with Crippen LogP contribution >= 0.6 is 11.3 Å². The molecule has 0 aliphatic carbocycles. The first-order valence-corrected chi connectivity index (χ1v) is 7.15. The Morgan fingerprint density at radius 1 is 1.48 bits per heavy atom. The predicted octanol–water partition coefficient (Wildman–Crippen LogP) is 0.348. The zero-order chi connectivity index (χ0) is 16.0. The molecule has 9 heteroatoms. The van der Waals surface area contributed by atoms with Gasteiger partial charge in [0, 0.05) is 11.1 Å². The van der Waals surface area contributed by atoms with Crippen LogP contribution in [0.15, 0.2) is 6.20 Å². The number of carbonyl (C=O) groups is 3. The molecule has 1 atom stereocenters. The first-order chi connectivity index (χ1) is 9.83. The lowest BCUT2D eigenvalue weighted by Gasteiger charge is -2.21. The number of rotatable bonds is 7. The van der Waals surface area contributed by atoms with E-state index in [1.54, 1.807) is 13.1 Å². The van der Waals surface area contributed by atoms with E-state index in [4.69, 9.17) is 10.8 Å². The van der Waals surface area contributed by atoms with Crippen molar-refractivity contribution in [3.8, 4) is 0 Å². The molecule has 21 heavy (non-hydrogen) atoms. The summed E-state index contributed by atoms with van der Waals surface area (Å²) in [5.41, 5.74) is 5.01. The molecule has 1 heterocycles. The van der Waals surface area contributed by atoms with Gasteiger partial charge in [-0.3, -0.25) is 9.59 Å². The number of aliphatic carboxylic acids is 1. The van der Waals surface area contributed by atoms with Gasteiger partial charge in [0.05, 0.1) is 6.04 Å². The van der Waals surface area contributed by atoms with Crippen LogP contribution in [0.4, 0.5) is 4.79 Å². The SMILES string of the molecule is CCc1cnc(C(C)NC(=O)N(CC(N)=O)CC(=O)O)s1. The molecule has 1 unspecified atom stereocenters. The molecule has 1 aromatic heterocycles. The third kappa shape index (κ3) is 5.38. The van der Waals surface area contributed by atoms with Crippen molar-refractivity contribution in [1.29, 1.82) is 0 Å². The second kappa shape index (κ2) is 7.58. The van der Waals surface area contributed by atoms with Crippen molar-refractivity contribution >= 4 is 29.2 Å². The highest BCUT2D eigenvalue weighted by Crippen LogP contribution is 2.20. The lowest BCUT2D eigenvalue weighted by atomic mass is 10.3. The Labute approximate surface area is 126 Å². The maximum absolute atomic E-state index is 12.0. The first kappa shape index (κ1) is 16.9. The fourth-order valence-electron chi connectivity index (χ4n) is 1.58. The van der Waals surface area contributed by atoms with E-state index in [0.717, 1.165) is 21.2 Å². The molecule has 0 spiro atoms. The molecular formula is C12H18N4O4S. The summed E-state index contributed by atoms with van der Waals surface area (Å²) in [6, 6.07) is -1.05. The second-order valence-electron chi connectivity index (χ2n) is 4.41. The topological polar surface area (TPSA) is 126 Å². The zero-order valence-corrected chi connectivity index (χ0v) is 12.6. The Kier molecular flexibility index (Phi) is 6.10. The smallest absolute Gasteiger partial charge is 0.323 e. The summed E-state index contributed by atoms with van der Waals surface area (Å²) < 4.78 is 0. The predicted molar refractivity (Wildman–Crippen MR) is 76.8 cm³/mol. The highest BCUT2D eigenvalue weighted by Gasteiger charge is 2.21. The third-order valence-electron chi connectivity index (χ3n) is 2.59. The standard InChI is InChI=1S/C12H18N4O4S/c1-3-8-4-14-11(21-8)7(2)15-12(20)16(5-9(13)17)6-10(18)19/h4,7H,3,5-6H2,1-2H3,(H2,13,17)(H,15,20)(H,18,19). The highest BCUT2D eigenvalue weighted by molar-refractivity contribution is 7.11. The zero-order valence-electron chi connectivity index (χ0n) is 11.8. The van der Waals surface area contributed by atoms with Gasteiger partial charge in [-0.1, -0.05) is 6.92 Å². The Bertz CT molecular complexity index is 515. The number of carbonyl (C=O) groups excluding carboxylic acids is 2. The minimum Gasteiger partial charge on any atom is -0.480 e. The molecule has 8 nitrogen and oxygen atoms in total.